The molecule has 2 amide bonds. The number of nitrogens with zero attached hydrogens (tertiary/aromatic N) is 1. The van der Waals surface area contributed by atoms with Gasteiger partial charge in [-0.1, -0.05) is 0 Å². The molecule has 0 saturated carbocycles. The van der Waals surface area contributed by atoms with Gasteiger partial charge in [0.05, 0.1) is 38.7 Å². The van der Waals surface area contributed by atoms with Crippen LogP contribution >= 0.6 is 0 Å². The molecule has 2 aromatic rings. The summed E-state index contributed by atoms with van der Waals surface area (Å²) in [7, 11) is 0. The van der Waals surface area contributed by atoms with Gasteiger partial charge in [0.2, 0.25) is 11.8 Å². The Morgan fingerprint density at radius 3 is 2.10 bits per heavy atom. The molecule has 0 aliphatic rings. The van der Waals surface area contributed by atoms with Crippen molar-refractivity contribution in [2.24, 2.45) is 5.73 Å². The number of hydrogen-bond acceptors (Lipinski definition) is 5. The van der Waals surface area contributed by atoms with Gasteiger partial charge in [-0.05, 0) is 24.3 Å². The SMILES string of the molecule is NCC(=O)NCC(=O)N(Cc1ccco1)Cc1ccco1. The van der Waals surface area contributed by atoms with E-state index in [9.17, 15) is 9.59 Å². The van der Waals surface area contributed by atoms with E-state index in [1.54, 1.807) is 36.8 Å². The van der Waals surface area contributed by atoms with Gasteiger partial charge in [-0.15, -0.1) is 0 Å². The Bertz CT molecular complexity index is 527. The van der Waals surface area contributed by atoms with Crippen LogP contribution in [0.4, 0.5) is 0 Å². The molecule has 0 fully saturated rings. The van der Waals surface area contributed by atoms with Crippen molar-refractivity contribution in [2.45, 2.75) is 13.1 Å². The van der Waals surface area contributed by atoms with E-state index < -0.39 is 0 Å². The number of amides is 2. The second-order valence-electron chi connectivity index (χ2n) is 4.39. The summed E-state index contributed by atoms with van der Waals surface area (Å²) in [4.78, 5) is 24.9. The molecular formula is C14H17N3O4. The van der Waals surface area contributed by atoms with E-state index >= 15 is 0 Å². The molecule has 0 aliphatic carbocycles. The van der Waals surface area contributed by atoms with E-state index in [-0.39, 0.29) is 24.9 Å². The molecule has 0 unspecified atom stereocenters. The number of carbonyl (C=O) groups excluding carboxylic acids is 2. The average molecular weight is 291 g/mol. The number of nitrogens with two attached hydrogens (primary N) is 1. The topological polar surface area (TPSA) is 102 Å². The Balaban J connectivity index is 2.00. The second-order valence-corrected chi connectivity index (χ2v) is 4.39. The lowest BCUT2D eigenvalue weighted by atomic mass is 10.3. The Kier molecular flexibility index (Phi) is 5.16. The van der Waals surface area contributed by atoms with E-state index in [0.717, 1.165) is 0 Å². The second kappa shape index (κ2) is 7.30. The monoisotopic (exact) mass is 291 g/mol. The Hall–Kier alpha value is -2.54. The first-order valence-electron chi connectivity index (χ1n) is 6.48. The van der Waals surface area contributed by atoms with E-state index in [0.29, 0.717) is 24.6 Å². The smallest absolute Gasteiger partial charge is 0.242 e. The third kappa shape index (κ3) is 4.50. The van der Waals surface area contributed by atoms with Gasteiger partial charge in [-0.3, -0.25) is 9.59 Å². The first-order valence-corrected chi connectivity index (χ1v) is 6.48. The van der Waals surface area contributed by atoms with Crippen molar-refractivity contribution in [1.82, 2.24) is 10.2 Å². The van der Waals surface area contributed by atoms with E-state index in [1.165, 1.54) is 4.90 Å². The van der Waals surface area contributed by atoms with Crippen molar-refractivity contribution in [3.63, 3.8) is 0 Å². The minimum absolute atomic E-state index is 0.114. The Morgan fingerprint density at radius 2 is 1.67 bits per heavy atom. The maximum atomic E-state index is 12.2. The molecule has 112 valence electrons. The van der Waals surface area contributed by atoms with Gasteiger partial charge in [0, 0.05) is 0 Å². The van der Waals surface area contributed by atoms with E-state index in [1.807, 2.05) is 0 Å². The summed E-state index contributed by atoms with van der Waals surface area (Å²) in [6.45, 7) is 0.331. The summed E-state index contributed by atoms with van der Waals surface area (Å²) in [5.74, 6) is 0.684. The molecule has 0 radical (unpaired) electrons. The van der Waals surface area contributed by atoms with Crippen LogP contribution in [0.3, 0.4) is 0 Å². The number of hydrogen-bond donors (Lipinski definition) is 2. The molecule has 0 aromatic carbocycles. The number of rotatable bonds is 7. The fraction of sp³-hybridized carbons (Fsp3) is 0.286. The van der Waals surface area contributed by atoms with Crippen molar-refractivity contribution in [2.75, 3.05) is 13.1 Å². The van der Waals surface area contributed by atoms with Gasteiger partial charge >= 0.3 is 0 Å². The maximum Gasteiger partial charge on any atom is 0.242 e. The van der Waals surface area contributed by atoms with Crippen LogP contribution in [0.1, 0.15) is 11.5 Å². The summed E-state index contributed by atoms with van der Waals surface area (Å²) in [6, 6.07) is 7.06. The van der Waals surface area contributed by atoms with Gasteiger partial charge in [0.15, 0.2) is 0 Å². The van der Waals surface area contributed by atoms with Gasteiger partial charge < -0.3 is 24.8 Å². The van der Waals surface area contributed by atoms with Gasteiger partial charge in [0.25, 0.3) is 0 Å². The standard InChI is InChI=1S/C14H17N3O4/c15-7-13(18)16-8-14(19)17(9-11-3-1-5-20-11)10-12-4-2-6-21-12/h1-6H,7-10,15H2,(H,16,18). The third-order valence-electron chi connectivity index (χ3n) is 2.83. The lowest BCUT2D eigenvalue weighted by Crippen LogP contribution is -2.41. The Morgan fingerprint density at radius 1 is 1.10 bits per heavy atom. The van der Waals surface area contributed by atoms with Crippen LogP contribution in [0.15, 0.2) is 45.6 Å². The van der Waals surface area contributed by atoms with Crippen LogP contribution < -0.4 is 11.1 Å². The molecule has 2 aromatic heterocycles. The number of nitrogens with one attached hydrogen (secondary N) is 1. The molecule has 7 nitrogen and oxygen atoms in total. The van der Waals surface area contributed by atoms with Crippen molar-refractivity contribution in [3.05, 3.63) is 48.3 Å². The molecular weight excluding hydrogens is 274 g/mol. The minimum atomic E-state index is -0.376. The highest BCUT2D eigenvalue weighted by atomic mass is 16.3. The van der Waals surface area contributed by atoms with Gasteiger partial charge in [-0.25, -0.2) is 0 Å². The fourth-order valence-corrected chi connectivity index (χ4v) is 1.77. The molecule has 21 heavy (non-hydrogen) atoms. The minimum Gasteiger partial charge on any atom is -0.467 e. The van der Waals surface area contributed by atoms with E-state index in [2.05, 4.69) is 5.32 Å². The van der Waals surface area contributed by atoms with Crippen LogP contribution in [0.2, 0.25) is 0 Å². The van der Waals surface area contributed by atoms with Crippen LogP contribution in [-0.2, 0) is 22.7 Å². The molecule has 2 heterocycles. The van der Waals surface area contributed by atoms with Gasteiger partial charge in [0.1, 0.15) is 11.5 Å². The van der Waals surface area contributed by atoms with Crippen molar-refractivity contribution < 1.29 is 18.4 Å². The highest BCUT2D eigenvalue weighted by molar-refractivity contribution is 5.85. The van der Waals surface area contributed by atoms with Gasteiger partial charge in [-0.2, -0.15) is 0 Å². The predicted octanol–water partition coefficient (Wildman–Crippen LogP) is 0.476. The highest BCUT2D eigenvalue weighted by Crippen LogP contribution is 2.11. The number of carbonyl (C=O) groups is 2. The first kappa shape index (κ1) is 14.9. The molecule has 0 atom stereocenters. The van der Waals surface area contributed by atoms with Crippen LogP contribution in [0.5, 0.6) is 0 Å². The highest BCUT2D eigenvalue weighted by Gasteiger charge is 2.17. The quantitative estimate of drug-likeness (QED) is 0.772. The molecule has 0 spiro atoms. The third-order valence-corrected chi connectivity index (χ3v) is 2.83. The molecule has 0 aliphatic heterocycles. The van der Waals surface area contributed by atoms with E-state index in [4.69, 9.17) is 14.6 Å². The lowest BCUT2D eigenvalue weighted by molar-refractivity contribution is -0.134. The van der Waals surface area contributed by atoms with Crippen LogP contribution in [0, 0.1) is 0 Å². The summed E-state index contributed by atoms with van der Waals surface area (Å²) in [6.07, 6.45) is 3.09. The summed E-state index contributed by atoms with van der Waals surface area (Å²) in [5, 5.41) is 2.46. The molecule has 0 saturated heterocycles. The molecule has 0 bridgehead atoms. The van der Waals surface area contributed by atoms with Crippen LogP contribution in [-0.4, -0.2) is 29.8 Å². The fourth-order valence-electron chi connectivity index (χ4n) is 1.77. The zero-order chi connectivity index (χ0) is 15.1. The summed E-state index contributed by atoms with van der Waals surface area (Å²) < 4.78 is 10.5. The zero-order valence-electron chi connectivity index (χ0n) is 11.5. The first-order chi connectivity index (χ1) is 10.2. The molecule has 2 rings (SSSR count). The molecule has 3 N–H and O–H groups in total. The lowest BCUT2D eigenvalue weighted by Gasteiger charge is -2.20. The summed E-state index contributed by atoms with van der Waals surface area (Å²) >= 11 is 0. The Labute approximate surface area is 121 Å². The predicted molar refractivity (Wildman–Crippen MR) is 73.7 cm³/mol. The van der Waals surface area contributed by atoms with Crippen LogP contribution in [0.25, 0.3) is 0 Å². The van der Waals surface area contributed by atoms with Crippen molar-refractivity contribution in [3.8, 4) is 0 Å². The average Bonchev–Trinajstić information content (AvgIpc) is 3.17. The number of furan rings is 2. The zero-order valence-corrected chi connectivity index (χ0v) is 11.5. The largest absolute Gasteiger partial charge is 0.467 e. The van der Waals surface area contributed by atoms with Crippen molar-refractivity contribution >= 4 is 11.8 Å². The normalized spacial score (nSPS) is 10.3. The molecule has 7 heteroatoms. The maximum absolute atomic E-state index is 12.2. The van der Waals surface area contributed by atoms with Crippen molar-refractivity contribution in [1.29, 1.82) is 0 Å². The summed E-state index contributed by atoms with van der Waals surface area (Å²) in [5.41, 5.74) is 5.19.